The summed E-state index contributed by atoms with van der Waals surface area (Å²) in [5, 5.41) is 24.8. The van der Waals surface area contributed by atoms with Gasteiger partial charge in [0.2, 0.25) is 5.91 Å². The maximum absolute atomic E-state index is 13.7. The molecule has 5 saturated heterocycles. The molecule has 63 heavy (non-hydrogen) atoms. The van der Waals surface area contributed by atoms with Crippen LogP contribution >= 0.6 is 23.4 Å². The summed E-state index contributed by atoms with van der Waals surface area (Å²) < 4.78 is 12.5. The van der Waals surface area contributed by atoms with E-state index >= 15 is 0 Å². The van der Waals surface area contributed by atoms with Crippen molar-refractivity contribution < 1.29 is 14.3 Å². The molecule has 6 fully saturated rings. The van der Waals surface area contributed by atoms with Crippen LogP contribution < -0.4 is 36.9 Å². The Morgan fingerprint density at radius 3 is 2.43 bits per heavy atom. The molecule has 6 heterocycles. The van der Waals surface area contributed by atoms with Crippen molar-refractivity contribution in [1.29, 1.82) is 5.26 Å². The number of thioether (sulfide) groups is 1. The van der Waals surface area contributed by atoms with Crippen molar-refractivity contribution in [3.63, 3.8) is 0 Å². The molecule has 2 aromatic carbocycles. The molecule has 1 saturated carbocycles. The minimum atomic E-state index is -0.300. The third-order valence-corrected chi connectivity index (χ3v) is 17.7. The first kappa shape index (κ1) is 45.4. The number of hydrogen-bond donors (Lipinski definition) is 6. The maximum atomic E-state index is 13.7. The van der Waals surface area contributed by atoms with Crippen LogP contribution in [0.25, 0.3) is 0 Å². The predicted octanol–water partition coefficient (Wildman–Crippen LogP) is 5.25. The van der Waals surface area contributed by atoms with Gasteiger partial charge in [-0.1, -0.05) is 77.4 Å². The van der Waals surface area contributed by atoms with E-state index in [1.165, 1.54) is 36.1 Å². The zero-order valence-electron chi connectivity index (χ0n) is 38.1. The fourth-order valence-electron chi connectivity index (χ4n) is 12.2. The summed E-state index contributed by atoms with van der Waals surface area (Å²) in [7, 11) is 0. The highest BCUT2D eigenvalue weighted by molar-refractivity contribution is 8.00. The minimum Gasteiger partial charge on any atom is -0.489 e. The summed E-state index contributed by atoms with van der Waals surface area (Å²) in [4.78, 5) is 24.5. The van der Waals surface area contributed by atoms with Crippen molar-refractivity contribution in [2.75, 3.05) is 39.3 Å². The average Bonchev–Trinajstić information content (AvgIpc) is 3.99. The number of aliphatic imine (C=N–C) groups is 1. The Labute approximate surface area is 383 Å². The minimum absolute atomic E-state index is 0.0378. The van der Waals surface area contributed by atoms with E-state index in [0.717, 1.165) is 39.1 Å². The number of carbonyl (C=O) groups is 1. The van der Waals surface area contributed by atoms with Gasteiger partial charge in [0.1, 0.15) is 30.4 Å². The standard InChI is InChI=1S/C48H69ClN10O3S/c1-27-28(2)63-43-39(27)40(54-37(23-38-51-18-21-61-38)41-57-56-29(3)59(41)43)32-12-10-30(11-13-32)8-9-31-16-19-58(20-17-31)46-52-25-34(26-53-46)42(60)55-44-47(4,5)45(48(44,6)7)62-35-15-14-33(24-50)36(49)22-35/h10-15,22,27-29,31,34,37-39,41,43-46,51-53,56-57H,8-9,16-21,23,25-26H2,1-7H3,(H,55,60). The van der Waals surface area contributed by atoms with E-state index in [1.807, 2.05) is 0 Å². The third-order valence-electron chi connectivity index (χ3n) is 15.7. The highest BCUT2D eigenvalue weighted by Gasteiger charge is 2.64. The van der Waals surface area contributed by atoms with Crippen molar-refractivity contribution in [3.8, 4) is 11.8 Å². The number of hydrogen-bond acceptors (Lipinski definition) is 13. The number of rotatable bonds is 11. The van der Waals surface area contributed by atoms with Crippen LogP contribution in [0.4, 0.5) is 0 Å². The van der Waals surface area contributed by atoms with Gasteiger partial charge in [0.25, 0.3) is 0 Å². The molecule has 15 heteroatoms. The number of amides is 1. The van der Waals surface area contributed by atoms with Crippen molar-refractivity contribution in [1.82, 2.24) is 41.9 Å². The number of aryl methyl sites for hydroxylation is 1. The normalized spacial score (nSPS) is 36.7. The lowest BCUT2D eigenvalue weighted by Gasteiger charge is -2.63. The van der Waals surface area contributed by atoms with Gasteiger partial charge < -0.3 is 14.8 Å². The lowest BCUT2D eigenvalue weighted by Crippen LogP contribution is -2.75. The van der Waals surface area contributed by atoms with E-state index in [-0.39, 0.29) is 65.7 Å². The Hall–Kier alpha value is -2.81. The van der Waals surface area contributed by atoms with Gasteiger partial charge in [-0.2, -0.15) is 5.26 Å². The predicted molar refractivity (Wildman–Crippen MR) is 250 cm³/mol. The molecule has 7 aliphatic rings. The second-order valence-corrected chi connectivity index (χ2v) is 22.5. The second kappa shape index (κ2) is 18.5. The zero-order chi connectivity index (χ0) is 44.2. The molecule has 0 aromatic heterocycles. The Morgan fingerprint density at radius 2 is 1.76 bits per heavy atom. The van der Waals surface area contributed by atoms with Crippen molar-refractivity contribution in [2.45, 2.75) is 134 Å². The maximum Gasteiger partial charge on any atom is 0.225 e. The van der Waals surface area contributed by atoms with E-state index in [9.17, 15) is 10.1 Å². The van der Waals surface area contributed by atoms with E-state index in [4.69, 9.17) is 26.1 Å². The molecular formula is C48H69ClN10O3S. The van der Waals surface area contributed by atoms with Gasteiger partial charge in [0.15, 0.2) is 0 Å². The number of nitrogens with zero attached hydrogens (tertiary/aromatic N) is 4. The molecule has 8 unspecified atom stereocenters. The molecule has 342 valence electrons. The molecule has 1 aliphatic carbocycles. The van der Waals surface area contributed by atoms with Gasteiger partial charge in [-0.05, 0) is 67.7 Å². The summed E-state index contributed by atoms with van der Waals surface area (Å²) in [6.45, 7) is 20.7. The van der Waals surface area contributed by atoms with Crippen molar-refractivity contribution in [2.24, 2.45) is 39.5 Å². The van der Waals surface area contributed by atoms with E-state index in [1.54, 1.807) is 18.2 Å². The number of ether oxygens (including phenoxy) is 2. The van der Waals surface area contributed by atoms with E-state index in [2.05, 4.69) is 132 Å². The first-order chi connectivity index (χ1) is 30.2. The molecule has 2 aromatic rings. The van der Waals surface area contributed by atoms with E-state index in [0.29, 0.717) is 57.8 Å². The van der Waals surface area contributed by atoms with Gasteiger partial charge in [0, 0.05) is 79.0 Å². The van der Waals surface area contributed by atoms with Gasteiger partial charge in [-0.15, -0.1) is 11.8 Å². The number of carbonyl (C=O) groups excluding carboxylic acids is 1. The topological polar surface area (TPSA) is 150 Å². The average molecular weight is 902 g/mol. The van der Waals surface area contributed by atoms with Crippen LogP contribution in [0, 0.1) is 45.8 Å². The number of hydrazine groups is 1. The molecule has 6 aliphatic heterocycles. The Morgan fingerprint density at radius 1 is 1.03 bits per heavy atom. The van der Waals surface area contributed by atoms with E-state index < -0.39 is 0 Å². The number of nitriles is 1. The Balaban J connectivity index is 0.745. The molecule has 6 N–H and O–H groups in total. The van der Waals surface area contributed by atoms with Gasteiger partial charge in [0.05, 0.1) is 46.9 Å². The Kier molecular flexibility index (Phi) is 13.3. The SMILES string of the molecule is CC1SC2C(C(c3ccc(CCC4CCN(C5NCC(C(=O)NC6C(C)(C)C(Oc7ccc(C#N)c(Cl)c7)C6(C)C)CN5)CC4)cc3)=NC(CC3NCCO3)C3NNC(C)N32)C1C. The number of fused-ring (bicyclic) bond motifs is 3. The summed E-state index contributed by atoms with van der Waals surface area (Å²) in [5.41, 5.74) is 10.9. The monoisotopic (exact) mass is 900 g/mol. The smallest absolute Gasteiger partial charge is 0.225 e. The number of piperidine rings is 1. The number of nitrogens with one attached hydrogen (secondary N) is 6. The third kappa shape index (κ3) is 8.94. The van der Waals surface area contributed by atoms with Crippen LogP contribution in [0.1, 0.15) is 90.8 Å². The van der Waals surface area contributed by atoms with Crippen LogP contribution in [-0.4, -0.2) is 114 Å². The first-order valence-corrected chi connectivity index (χ1v) is 24.9. The summed E-state index contributed by atoms with van der Waals surface area (Å²) in [6, 6.07) is 16.7. The molecule has 13 nitrogen and oxygen atoms in total. The molecule has 9 rings (SSSR count). The number of benzene rings is 2. The van der Waals surface area contributed by atoms with Crippen LogP contribution in [0.3, 0.4) is 0 Å². The molecule has 0 radical (unpaired) electrons. The highest BCUT2D eigenvalue weighted by Crippen LogP contribution is 2.56. The van der Waals surface area contributed by atoms with Gasteiger partial charge >= 0.3 is 0 Å². The first-order valence-electron chi connectivity index (χ1n) is 23.6. The second-order valence-electron chi connectivity index (χ2n) is 20.6. The number of likely N-dealkylation sites (tertiary alicyclic amines) is 1. The fourth-order valence-corrected chi connectivity index (χ4v) is 14.3. The molecule has 8 atom stereocenters. The molecule has 0 spiro atoms. The van der Waals surface area contributed by atoms with Crippen molar-refractivity contribution in [3.05, 3.63) is 64.2 Å². The zero-order valence-corrected chi connectivity index (χ0v) is 39.7. The van der Waals surface area contributed by atoms with Gasteiger partial charge in [-0.3, -0.25) is 35.5 Å². The van der Waals surface area contributed by atoms with Crippen LogP contribution in [0.5, 0.6) is 5.75 Å². The summed E-state index contributed by atoms with van der Waals surface area (Å²) >= 11 is 8.40. The summed E-state index contributed by atoms with van der Waals surface area (Å²) in [5.74, 6) is 2.12. The van der Waals surface area contributed by atoms with Crippen LogP contribution in [0.15, 0.2) is 47.5 Å². The summed E-state index contributed by atoms with van der Waals surface area (Å²) in [6.07, 6.45) is 5.83. The lowest BCUT2D eigenvalue weighted by atomic mass is 9.49. The quantitative estimate of drug-likeness (QED) is 0.175. The lowest BCUT2D eigenvalue weighted by molar-refractivity contribution is -0.174. The van der Waals surface area contributed by atoms with Crippen molar-refractivity contribution >= 4 is 35.0 Å². The van der Waals surface area contributed by atoms with Crippen LogP contribution in [-0.2, 0) is 16.0 Å². The largest absolute Gasteiger partial charge is 0.489 e. The highest BCUT2D eigenvalue weighted by atomic mass is 35.5. The molecular weight excluding hydrogens is 832 g/mol. The Bertz CT molecular complexity index is 2010. The fraction of sp³-hybridized carbons (Fsp3) is 0.688. The van der Waals surface area contributed by atoms with Gasteiger partial charge in [-0.25, -0.2) is 10.9 Å². The molecule has 1 amide bonds. The molecule has 0 bridgehead atoms. The number of halogens is 1. The van der Waals surface area contributed by atoms with Crippen LogP contribution in [0.2, 0.25) is 5.02 Å².